The first kappa shape index (κ1) is 40.5. The van der Waals surface area contributed by atoms with Crippen molar-refractivity contribution >= 4 is 56.8 Å². The Morgan fingerprint density at radius 2 is 1.01 bits per heavy atom. The number of nitrogens with zero attached hydrogens (tertiary/aromatic N) is 4. The largest absolute Gasteiger partial charge is 0.465 e. The number of hydrogen-bond acceptors (Lipinski definition) is 7. The molecule has 5 N–H and O–H groups in total. The Balaban J connectivity index is 0.777. The second-order valence-electron chi connectivity index (χ2n) is 18.4. The van der Waals surface area contributed by atoms with E-state index in [-0.39, 0.29) is 36.0 Å². The maximum absolute atomic E-state index is 14.3. The van der Waals surface area contributed by atoms with Crippen LogP contribution >= 0.6 is 0 Å². The van der Waals surface area contributed by atoms with Crippen molar-refractivity contribution in [1.82, 2.24) is 40.4 Å². The summed E-state index contributed by atoms with van der Waals surface area (Å²) in [7, 11) is 1.29. The molecule has 4 aliphatic rings. The molecule has 0 radical (unpaired) electrons. The standard InChI is InChI=1S/C53H46N8O6/c1-67-53(66)59-47(29-10-6-3-7-11-29)51(63)61-43-25-37(43)27-45(61)49-55-39-19-17-35(23-41(39)57-49)33-15-13-30-20-32(14-12-31(30)21-33)34-16-18-38-40(22-34)56-48(54-38)44-26-36-24-42(36)60(44)50(62)46(58-52(64)65)28-8-4-2-5-9-28/h2-23,36-37,42-47,58H,24-27H2,1H3,(H,54,56)(H,55,57)(H,59,66)(H,64,65)/t36-,37+,42-,43-,44+,45+,46-,47+/m1/s1. The molecule has 8 atom stereocenters. The van der Waals surface area contributed by atoms with Gasteiger partial charge in [0.2, 0.25) is 0 Å². The maximum Gasteiger partial charge on any atom is 0.407 e. The van der Waals surface area contributed by atoms with Crippen LogP contribution in [-0.4, -0.2) is 78.0 Å². The molecule has 8 aromatic rings. The Kier molecular flexibility index (Phi) is 9.59. The minimum atomic E-state index is -1.25. The van der Waals surface area contributed by atoms with E-state index in [9.17, 15) is 24.3 Å². The summed E-state index contributed by atoms with van der Waals surface area (Å²) in [5.41, 5.74) is 8.83. The van der Waals surface area contributed by atoms with E-state index < -0.39 is 24.3 Å². The van der Waals surface area contributed by atoms with Gasteiger partial charge in [-0.1, -0.05) is 97.1 Å². The summed E-state index contributed by atoms with van der Waals surface area (Å²) in [6.07, 6.45) is 1.52. The summed E-state index contributed by atoms with van der Waals surface area (Å²) in [6.45, 7) is 0. The third-order valence-corrected chi connectivity index (χ3v) is 14.3. The normalized spacial score (nSPS) is 22.3. The lowest BCUT2D eigenvalue weighted by Crippen LogP contribution is -2.44. The van der Waals surface area contributed by atoms with Gasteiger partial charge in [0.25, 0.3) is 11.8 Å². The van der Waals surface area contributed by atoms with Crippen molar-refractivity contribution in [3.05, 3.63) is 156 Å². The smallest absolute Gasteiger partial charge is 0.407 e. The number of imidazole rings is 2. The fourth-order valence-electron chi connectivity index (χ4n) is 10.8. The number of aromatic amines is 2. The van der Waals surface area contributed by atoms with Gasteiger partial charge < -0.3 is 40.2 Å². The van der Waals surface area contributed by atoms with Crippen molar-refractivity contribution in [1.29, 1.82) is 0 Å². The number of nitrogens with one attached hydrogen (secondary N) is 4. The number of carboxylic acid groups (broad SMARTS) is 1. The molecule has 4 fully saturated rings. The first-order chi connectivity index (χ1) is 32.7. The third kappa shape index (κ3) is 7.29. The number of ether oxygens (including phenoxy) is 1. The van der Waals surface area contributed by atoms with E-state index >= 15 is 0 Å². The van der Waals surface area contributed by atoms with Crippen molar-refractivity contribution in [3.63, 3.8) is 0 Å². The van der Waals surface area contributed by atoms with E-state index in [0.29, 0.717) is 28.8 Å². The molecule has 67 heavy (non-hydrogen) atoms. The molecule has 12 rings (SSSR count). The Morgan fingerprint density at radius 3 is 1.46 bits per heavy atom. The molecule has 2 aromatic heterocycles. The lowest BCUT2D eigenvalue weighted by atomic mass is 9.97. The number of H-pyrrole nitrogens is 2. The van der Waals surface area contributed by atoms with Gasteiger partial charge in [-0.2, -0.15) is 0 Å². The summed E-state index contributed by atoms with van der Waals surface area (Å²) in [6, 6.07) is 41.3. The number of carbonyl (C=O) groups excluding carboxylic acids is 3. The predicted molar refractivity (Wildman–Crippen MR) is 251 cm³/mol. The van der Waals surface area contributed by atoms with Crippen LogP contribution in [0.15, 0.2) is 133 Å². The Bertz CT molecular complexity index is 3280. The summed E-state index contributed by atoms with van der Waals surface area (Å²) in [4.78, 5) is 73.5. The molecule has 14 nitrogen and oxygen atoms in total. The first-order valence-electron chi connectivity index (χ1n) is 22.8. The van der Waals surface area contributed by atoms with Crippen LogP contribution in [0.4, 0.5) is 9.59 Å². The number of fused-ring (bicyclic) bond motifs is 5. The fourth-order valence-corrected chi connectivity index (χ4v) is 10.8. The van der Waals surface area contributed by atoms with Crippen LogP contribution in [0.3, 0.4) is 0 Å². The summed E-state index contributed by atoms with van der Waals surface area (Å²) >= 11 is 0. The fraction of sp³-hybridized carbons (Fsp3) is 0.245. The highest BCUT2D eigenvalue weighted by molar-refractivity contribution is 5.94. The molecule has 4 heterocycles. The zero-order chi connectivity index (χ0) is 45.5. The maximum atomic E-state index is 14.3. The van der Waals surface area contributed by atoms with Gasteiger partial charge >= 0.3 is 12.2 Å². The van der Waals surface area contributed by atoms with Crippen molar-refractivity contribution in [2.45, 2.75) is 61.9 Å². The topological polar surface area (TPSA) is 186 Å². The van der Waals surface area contributed by atoms with Gasteiger partial charge in [-0.15, -0.1) is 0 Å². The lowest BCUT2D eigenvalue weighted by molar-refractivity contribution is -0.136. The van der Waals surface area contributed by atoms with E-state index in [1.807, 2.05) is 58.3 Å². The van der Waals surface area contributed by atoms with Gasteiger partial charge in [0, 0.05) is 12.1 Å². The number of hydrogen-bond donors (Lipinski definition) is 5. The average Bonchev–Trinajstić information content (AvgIpc) is 4.02. The molecule has 0 bridgehead atoms. The van der Waals surface area contributed by atoms with Crippen molar-refractivity contribution in [2.24, 2.45) is 11.8 Å². The summed E-state index contributed by atoms with van der Waals surface area (Å²) < 4.78 is 4.89. The second kappa shape index (κ2) is 15.9. The Labute approximate surface area is 384 Å². The monoisotopic (exact) mass is 890 g/mol. The Morgan fingerprint density at radius 1 is 0.582 bits per heavy atom. The molecule has 6 aromatic carbocycles. The van der Waals surface area contributed by atoms with E-state index in [4.69, 9.17) is 14.7 Å². The van der Waals surface area contributed by atoms with Gasteiger partial charge in [0.15, 0.2) is 0 Å². The molecule has 4 amide bonds. The highest BCUT2D eigenvalue weighted by Crippen LogP contribution is 2.55. The second-order valence-corrected chi connectivity index (χ2v) is 18.4. The van der Waals surface area contributed by atoms with Crippen LogP contribution in [0, 0.1) is 11.8 Å². The van der Waals surface area contributed by atoms with E-state index in [2.05, 4.69) is 81.3 Å². The lowest BCUT2D eigenvalue weighted by Gasteiger charge is -2.30. The molecule has 2 saturated heterocycles. The van der Waals surface area contributed by atoms with Crippen LogP contribution in [0.2, 0.25) is 0 Å². The molecule has 0 unspecified atom stereocenters. The SMILES string of the molecule is COC(=O)N[C@H](C(=O)N1[C@@H]2C[C@H]2C[C@H]1c1nc2cc(-c3ccc4cc(-c5ccc6[nH]c([C@@H]7C[C@H]8C[C@H]8N7C(=O)[C@H](NC(=O)O)c7ccccc7)nc6c5)ccc4c3)ccc2[nH]1)c1ccccc1. The number of aromatic nitrogens is 4. The third-order valence-electron chi connectivity index (χ3n) is 14.3. The number of carbonyl (C=O) groups is 4. The number of alkyl carbamates (subject to hydrolysis) is 1. The van der Waals surface area contributed by atoms with E-state index in [1.165, 1.54) is 7.11 Å². The van der Waals surface area contributed by atoms with Crippen molar-refractivity contribution < 1.29 is 29.0 Å². The van der Waals surface area contributed by atoms with Crippen LogP contribution in [0.5, 0.6) is 0 Å². The minimum absolute atomic E-state index is 0.0680. The molecule has 0 spiro atoms. The Hall–Kier alpha value is -8.00. The number of rotatable bonds is 10. The van der Waals surface area contributed by atoms with Gasteiger partial charge in [0.1, 0.15) is 23.7 Å². The molecular weight excluding hydrogens is 845 g/mol. The van der Waals surface area contributed by atoms with Crippen molar-refractivity contribution in [3.8, 4) is 22.3 Å². The predicted octanol–water partition coefficient (Wildman–Crippen LogP) is 9.36. The van der Waals surface area contributed by atoms with Crippen LogP contribution in [0.25, 0.3) is 55.1 Å². The number of amides is 4. The molecule has 2 aliphatic carbocycles. The van der Waals surface area contributed by atoms with Gasteiger partial charge in [-0.05, 0) is 118 Å². The molecule has 14 heteroatoms. The molecule has 2 aliphatic heterocycles. The van der Waals surface area contributed by atoms with Crippen LogP contribution in [0.1, 0.15) is 72.6 Å². The average molecular weight is 891 g/mol. The van der Waals surface area contributed by atoms with Gasteiger partial charge in [-0.25, -0.2) is 19.6 Å². The first-order valence-corrected chi connectivity index (χ1v) is 22.8. The van der Waals surface area contributed by atoms with Gasteiger partial charge in [0.05, 0.1) is 41.3 Å². The number of likely N-dealkylation sites (tertiary alicyclic amines) is 2. The summed E-state index contributed by atoms with van der Waals surface area (Å²) in [5, 5.41) is 17.1. The van der Waals surface area contributed by atoms with E-state index in [0.717, 1.165) is 86.6 Å². The van der Waals surface area contributed by atoms with Crippen molar-refractivity contribution in [2.75, 3.05) is 7.11 Å². The number of benzene rings is 6. The van der Waals surface area contributed by atoms with Crippen LogP contribution < -0.4 is 10.6 Å². The zero-order valence-electron chi connectivity index (χ0n) is 36.4. The highest BCUT2D eigenvalue weighted by atomic mass is 16.5. The number of piperidine rings is 2. The van der Waals surface area contributed by atoms with E-state index in [1.54, 1.807) is 24.3 Å². The minimum Gasteiger partial charge on any atom is -0.465 e. The highest BCUT2D eigenvalue weighted by Gasteiger charge is 2.57. The molecular formula is C53H46N8O6. The molecule has 334 valence electrons. The van der Waals surface area contributed by atoms with Gasteiger partial charge in [-0.3, -0.25) is 9.59 Å². The quantitative estimate of drug-likeness (QED) is 0.0899. The zero-order valence-corrected chi connectivity index (χ0v) is 36.4. The van der Waals surface area contributed by atoms with Crippen LogP contribution in [-0.2, 0) is 14.3 Å². The number of methoxy groups -OCH3 is 1. The summed E-state index contributed by atoms with van der Waals surface area (Å²) in [5.74, 6) is 1.78. The molecule has 2 saturated carbocycles.